The first kappa shape index (κ1) is 15.4. The third kappa shape index (κ3) is 4.55. The highest BCUT2D eigenvalue weighted by Crippen LogP contribution is 2.27. The lowest BCUT2D eigenvalue weighted by atomic mass is 9.86. The summed E-state index contributed by atoms with van der Waals surface area (Å²) in [4.78, 5) is 13.2. The Morgan fingerprint density at radius 1 is 1.25 bits per heavy atom. The number of carbonyl (C=O) groups is 1. The maximum absolute atomic E-state index is 12.2. The van der Waals surface area contributed by atoms with Crippen LogP contribution in [0.5, 0.6) is 0 Å². The topological polar surface area (TPSA) is 29.1 Å². The van der Waals surface area contributed by atoms with Crippen molar-refractivity contribution >= 4 is 17.7 Å². The van der Waals surface area contributed by atoms with E-state index in [9.17, 15) is 4.79 Å². The smallest absolute Gasteiger partial charge is 0.252 e. The molecule has 1 fully saturated rings. The van der Waals surface area contributed by atoms with Gasteiger partial charge in [0.2, 0.25) is 0 Å². The molecular weight excluding hydrogens is 266 g/mol. The van der Waals surface area contributed by atoms with E-state index in [-0.39, 0.29) is 5.91 Å². The standard InChI is InChI=1S/C17H25NOS/c1-20-16-12-6-5-11-15(16)17(19)18-13-7-10-14-8-3-2-4-9-14/h5-6,11-12,14H,2-4,7-10,13H2,1H3,(H,18,19). The second-order valence-electron chi connectivity index (χ2n) is 5.60. The lowest BCUT2D eigenvalue weighted by Gasteiger charge is -2.21. The van der Waals surface area contributed by atoms with Gasteiger partial charge in [0.1, 0.15) is 0 Å². The van der Waals surface area contributed by atoms with E-state index >= 15 is 0 Å². The highest BCUT2D eigenvalue weighted by Gasteiger charge is 2.13. The Labute approximate surface area is 126 Å². The molecule has 0 bridgehead atoms. The average molecular weight is 291 g/mol. The molecule has 0 unspecified atom stereocenters. The van der Waals surface area contributed by atoms with Crippen molar-refractivity contribution in [1.29, 1.82) is 0 Å². The normalized spacial score (nSPS) is 16.1. The molecule has 1 N–H and O–H groups in total. The Bertz CT molecular complexity index is 427. The number of thioether (sulfide) groups is 1. The number of nitrogens with one attached hydrogen (secondary N) is 1. The average Bonchev–Trinajstić information content (AvgIpc) is 2.52. The van der Waals surface area contributed by atoms with Crippen LogP contribution >= 0.6 is 11.8 Å². The fraction of sp³-hybridized carbons (Fsp3) is 0.588. The molecule has 0 radical (unpaired) electrons. The maximum Gasteiger partial charge on any atom is 0.252 e. The fourth-order valence-electron chi connectivity index (χ4n) is 3.00. The number of rotatable bonds is 6. The van der Waals surface area contributed by atoms with Crippen LogP contribution in [-0.4, -0.2) is 18.7 Å². The molecule has 1 aromatic rings. The SMILES string of the molecule is CSc1ccccc1C(=O)NCCCC1CCCCC1. The molecule has 0 heterocycles. The van der Waals surface area contributed by atoms with Crippen molar-refractivity contribution in [3.05, 3.63) is 29.8 Å². The molecule has 20 heavy (non-hydrogen) atoms. The van der Waals surface area contributed by atoms with Crippen LogP contribution in [0.15, 0.2) is 29.2 Å². The van der Waals surface area contributed by atoms with Crippen LogP contribution in [0.3, 0.4) is 0 Å². The van der Waals surface area contributed by atoms with Crippen molar-refractivity contribution in [2.45, 2.75) is 49.8 Å². The van der Waals surface area contributed by atoms with Gasteiger partial charge in [0, 0.05) is 11.4 Å². The van der Waals surface area contributed by atoms with Crippen LogP contribution in [-0.2, 0) is 0 Å². The first-order chi connectivity index (χ1) is 9.81. The van der Waals surface area contributed by atoms with E-state index < -0.39 is 0 Å². The van der Waals surface area contributed by atoms with E-state index in [1.807, 2.05) is 30.5 Å². The summed E-state index contributed by atoms with van der Waals surface area (Å²) in [5, 5.41) is 3.06. The maximum atomic E-state index is 12.2. The van der Waals surface area contributed by atoms with E-state index in [1.54, 1.807) is 11.8 Å². The third-order valence-corrected chi connectivity index (χ3v) is 4.95. The summed E-state index contributed by atoms with van der Waals surface area (Å²) in [6.07, 6.45) is 11.4. The minimum absolute atomic E-state index is 0.0681. The van der Waals surface area contributed by atoms with E-state index in [1.165, 1.54) is 38.5 Å². The summed E-state index contributed by atoms with van der Waals surface area (Å²) in [6.45, 7) is 0.804. The van der Waals surface area contributed by atoms with E-state index in [2.05, 4.69) is 5.32 Å². The number of benzene rings is 1. The van der Waals surface area contributed by atoms with Crippen molar-refractivity contribution in [2.75, 3.05) is 12.8 Å². The number of hydrogen-bond donors (Lipinski definition) is 1. The van der Waals surface area contributed by atoms with Crippen molar-refractivity contribution in [3.63, 3.8) is 0 Å². The van der Waals surface area contributed by atoms with Gasteiger partial charge in [0.15, 0.2) is 0 Å². The molecule has 1 aliphatic carbocycles. The molecule has 2 nitrogen and oxygen atoms in total. The van der Waals surface area contributed by atoms with E-state index in [0.717, 1.165) is 29.3 Å². The first-order valence-electron chi connectivity index (χ1n) is 7.72. The van der Waals surface area contributed by atoms with Gasteiger partial charge in [-0.25, -0.2) is 0 Å². The number of hydrogen-bond acceptors (Lipinski definition) is 2. The molecule has 0 aromatic heterocycles. The van der Waals surface area contributed by atoms with Crippen molar-refractivity contribution < 1.29 is 4.79 Å². The monoisotopic (exact) mass is 291 g/mol. The highest BCUT2D eigenvalue weighted by molar-refractivity contribution is 7.98. The van der Waals surface area contributed by atoms with Crippen LogP contribution in [0, 0.1) is 5.92 Å². The molecule has 0 aliphatic heterocycles. The van der Waals surface area contributed by atoms with E-state index in [0.29, 0.717) is 0 Å². The van der Waals surface area contributed by atoms with Crippen LogP contribution < -0.4 is 5.32 Å². The molecule has 110 valence electrons. The van der Waals surface area contributed by atoms with Crippen LogP contribution in [0.1, 0.15) is 55.3 Å². The second-order valence-corrected chi connectivity index (χ2v) is 6.45. The van der Waals surface area contributed by atoms with Gasteiger partial charge in [-0.1, -0.05) is 44.2 Å². The fourth-order valence-corrected chi connectivity index (χ4v) is 3.59. The van der Waals surface area contributed by atoms with Crippen LogP contribution in [0.4, 0.5) is 0 Å². The van der Waals surface area contributed by atoms with Gasteiger partial charge in [0.05, 0.1) is 5.56 Å². The Hall–Kier alpha value is -0.960. The number of carbonyl (C=O) groups excluding carboxylic acids is 1. The lowest BCUT2D eigenvalue weighted by Crippen LogP contribution is -2.25. The van der Waals surface area contributed by atoms with Crippen molar-refractivity contribution in [3.8, 4) is 0 Å². The Balaban J connectivity index is 1.72. The molecule has 0 atom stereocenters. The van der Waals surface area contributed by atoms with Crippen LogP contribution in [0.2, 0.25) is 0 Å². The van der Waals surface area contributed by atoms with Gasteiger partial charge in [0.25, 0.3) is 5.91 Å². The third-order valence-electron chi connectivity index (χ3n) is 4.15. The zero-order valence-electron chi connectivity index (χ0n) is 12.4. The molecular formula is C17H25NOS. The van der Waals surface area contributed by atoms with Gasteiger partial charge in [-0.05, 0) is 37.1 Å². The Kier molecular flexibility index (Phi) is 6.44. The Morgan fingerprint density at radius 3 is 2.75 bits per heavy atom. The lowest BCUT2D eigenvalue weighted by molar-refractivity contribution is 0.0949. The van der Waals surface area contributed by atoms with Crippen molar-refractivity contribution in [1.82, 2.24) is 5.32 Å². The summed E-state index contributed by atoms with van der Waals surface area (Å²) in [5.74, 6) is 0.970. The van der Waals surface area contributed by atoms with Crippen molar-refractivity contribution in [2.24, 2.45) is 5.92 Å². The quantitative estimate of drug-likeness (QED) is 0.617. The van der Waals surface area contributed by atoms with E-state index in [4.69, 9.17) is 0 Å². The molecule has 1 aromatic carbocycles. The Morgan fingerprint density at radius 2 is 2.00 bits per heavy atom. The summed E-state index contributed by atoms with van der Waals surface area (Å²) in [7, 11) is 0. The van der Waals surface area contributed by atoms with Gasteiger partial charge >= 0.3 is 0 Å². The summed E-state index contributed by atoms with van der Waals surface area (Å²) in [6, 6.07) is 7.81. The van der Waals surface area contributed by atoms with Gasteiger partial charge in [-0.2, -0.15) is 0 Å². The van der Waals surface area contributed by atoms with Crippen LogP contribution in [0.25, 0.3) is 0 Å². The predicted octanol–water partition coefficient (Wildman–Crippen LogP) is 4.50. The summed E-state index contributed by atoms with van der Waals surface area (Å²) in [5.41, 5.74) is 0.803. The van der Waals surface area contributed by atoms with Gasteiger partial charge in [-0.15, -0.1) is 11.8 Å². The summed E-state index contributed by atoms with van der Waals surface area (Å²) >= 11 is 1.62. The largest absolute Gasteiger partial charge is 0.352 e. The second kappa shape index (κ2) is 8.35. The summed E-state index contributed by atoms with van der Waals surface area (Å²) < 4.78 is 0. The first-order valence-corrected chi connectivity index (χ1v) is 8.95. The number of amides is 1. The minimum Gasteiger partial charge on any atom is -0.352 e. The molecule has 1 aliphatic rings. The minimum atomic E-state index is 0.0681. The van der Waals surface area contributed by atoms with Gasteiger partial charge in [-0.3, -0.25) is 4.79 Å². The molecule has 0 saturated heterocycles. The molecule has 1 amide bonds. The zero-order chi connectivity index (χ0) is 14.2. The zero-order valence-corrected chi connectivity index (χ0v) is 13.2. The molecule has 3 heteroatoms. The molecule has 0 spiro atoms. The molecule has 1 saturated carbocycles. The molecule has 2 rings (SSSR count). The predicted molar refractivity (Wildman–Crippen MR) is 86.4 cm³/mol. The van der Waals surface area contributed by atoms with Gasteiger partial charge < -0.3 is 5.32 Å². The highest BCUT2D eigenvalue weighted by atomic mass is 32.2.